The van der Waals surface area contributed by atoms with E-state index in [2.05, 4.69) is 35.0 Å². The Kier molecular flexibility index (Phi) is 5.79. The lowest BCUT2D eigenvalue weighted by Crippen LogP contribution is -2.55. The topological polar surface area (TPSA) is 15.3 Å². The summed E-state index contributed by atoms with van der Waals surface area (Å²) in [6.07, 6.45) is 11.1. The largest absolute Gasteiger partial charge is 0.308 e. The van der Waals surface area contributed by atoms with Gasteiger partial charge in [-0.15, -0.1) is 6.58 Å². The molecule has 0 aromatic heterocycles. The molecule has 2 nitrogen and oxygen atoms in total. The maximum atomic E-state index is 5.98. The molecule has 23 heavy (non-hydrogen) atoms. The van der Waals surface area contributed by atoms with E-state index in [1.165, 1.54) is 44.1 Å². The van der Waals surface area contributed by atoms with Gasteiger partial charge in [0.25, 0.3) is 0 Å². The molecule has 0 atom stereocenters. The van der Waals surface area contributed by atoms with Crippen LogP contribution in [0.5, 0.6) is 0 Å². The second-order valence-corrected chi connectivity index (χ2v) is 7.74. The fourth-order valence-corrected chi connectivity index (χ4v) is 4.30. The Bertz CT molecular complexity index is 497. The second-order valence-electron chi connectivity index (χ2n) is 7.30. The Labute approximate surface area is 145 Å². The van der Waals surface area contributed by atoms with Crippen molar-refractivity contribution in [3.8, 4) is 0 Å². The summed E-state index contributed by atoms with van der Waals surface area (Å²) >= 11 is 5.98. The average molecular weight is 333 g/mol. The number of likely N-dealkylation sites (tertiary alicyclic amines) is 1. The van der Waals surface area contributed by atoms with Gasteiger partial charge in [0.15, 0.2) is 0 Å². The number of nitrogens with zero attached hydrogens (tertiary/aromatic N) is 1. The Balaban J connectivity index is 1.55. The molecule has 2 aliphatic rings. The Hall–Kier alpha value is -0.830. The fourth-order valence-electron chi connectivity index (χ4n) is 4.17. The SMILES string of the molecule is C=CCC1(NC2CCCC2)CCN(Cc2ccc(Cl)cc2)CC1. The first-order chi connectivity index (χ1) is 11.2. The molecular formula is C20H29ClN2. The van der Waals surface area contributed by atoms with Crippen molar-refractivity contribution >= 4 is 11.6 Å². The van der Waals surface area contributed by atoms with Crippen molar-refractivity contribution in [3.05, 3.63) is 47.5 Å². The molecule has 1 aromatic carbocycles. The van der Waals surface area contributed by atoms with Crippen LogP contribution in [0.25, 0.3) is 0 Å². The summed E-state index contributed by atoms with van der Waals surface area (Å²) in [7, 11) is 0. The third-order valence-corrected chi connectivity index (χ3v) is 5.79. The molecule has 3 rings (SSSR count). The third-order valence-electron chi connectivity index (χ3n) is 5.53. The average Bonchev–Trinajstić information content (AvgIpc) is 3.05. The highest BCUT2D eigenvalue weighted by Crippen LogP contribution is 2.30. The molecule has 3 heteroatoms. The molecule has 0 bridgehead atoms. The Morgan fingerprint density at radius 3 is 2.43 bits per heavy atom. The van der Waals surface area contributed by atoms with Crippen molar-refractivity contribution < 1.29 is 0 Å². The Morgan fingerprint density at radius 1 is 1.17 bits per heavy atom. The van der Waals surface area contributed by atoms with E-state index in [0.717, 1.165) is 37.1 Å². The molecule has 1 aliphatic heterocycles. The first-order valence-electron chi connectivity index (χ1n) is 9.04. The lowest BCUT2D eigenvalue weighted by atomic mass is 9.83. The summed E-state index contributed by atoms with van der Waals surface area (Å²) in [6, 6.07) is 9.00. The van der Waals surface area contributed by atoms with Crippen LogP contribution in [0, 0.1) is 0 Å². The number of rotatable bonds is 6. The van der Waals surface area contributed by atoms with E-state index in [-0.39, 0.29) is 5.54 Å². The number of halogens is 1. The maximum absolute atomic E-state index is 5.98. The molecular weight excluding hydrogens is 304 g/mol. The smallest absolute Gasteiger partial charge is 0.0406 e. The molecule has 0 spiro atoms. The summed E-state index contributed by atoms with van der Waals surface area (Å²) in [5.41, 5.74) is 1.64. The molecule has 1 saturated carbocycles. The molecule has 1 N–H and O–H groups in total. The molecule has 0 radical (unpaired) electrons. The van der Waals surface area contributed by atoms with Crippen molar-refractivity contribution in [1.29, 1.82) is 0 Å². The van der Waals surface area contributed by atoms with Crippen LogP contribution in [-0.2, 0) is 6.54 Å². The zero-order valence-electron chi connectivity index (χ0n) is 14.1. The summed E-state index contributed by atoms with van der Waals surface area (Å²) in [5, 5.41) is 4.83. The number of nitrogens with one attached hydrogen (secondary N) is 1. The van der Waals surface area contributed by atoms with Gasteiger partial charge in [-0.25, -0.2) is 0 Å². The van der Waals surface area contributed by atoms with Crippen LogP contribution in [0.4, 0.5) is 0 Å². The molecule has 0 amide bonds. The van der Waals surface area contributed by atoms with E-state index >= 15 is 0 Å². The van der Waals surface area contributed by atoms with Gasteiger partial charge in [0.05, 0.1) is 0 Å². The van der Waals surface area contributed by atoms with Crippen LogP contribution in [-0.4, -0.2) is 29.6 Å². The first-order valence-corrected chi connectivity index (χ1v) is 9.42. The fraction of sp³-hybridized carbons (Fsp3) is 0.600. The molecule has 1 aromatic rings. The summed E-state index contributed by atoms with van der Waals surface area (Å²) in [5.74, 6) is 0. The lowest BCUT2D eigenvalue weighted by Gasteiger charge is -2.44. The van der Waals surface area contributed by atoms with Gasteiger partial charge in [0, 0.05) is 36.2 Å². The van der Waals surface area contributed by atoms with Gasteiger partial charge in [-0.2, -0.15) is 0 Å². The van der Waals surface area contributed by atoms with Crippen LogP contribution < -0.4 is 5.32 Å². The second kappa shape index (κ2) is 7.83. The van der Waals surface area contributed by atoms with Gasteiger partial charge in [-0.05, 0) is 49.8 Å². The summed E-state index contributed by atoms with van der Waals surface area (Å²) in [6.45, 7) is 7.36. The third kappa shape index (κ3) is 4.59. The van der Waals surface area contributed by atoms with E-state index in [0.29, 0.717) is 0 Å². The van der Waals surface area contributed by atoms with Gasteiger partial charge in [0.1, 0.15) is 0 Å². The van der Waals surface area contributed by atoms with Crippen LogP contribution >= 0.6 is 11.6 Å². The van der Waals surface area contributed by atoms with Crippen LogP contribution in [0.3, 0.4) is 0 Å². The van der Waals surface area contributed by atoms with Crippen LogP contribution in [0.1, 0.15) is 50.5 Å². The molecule has 1 saturated heterocycles. The Morgan fingerprint density at radius 2 is 1.83 bits per heavy atom. The molecule has 126 valence electrons. The van der Waals surface area contributed by atoms with E-state index in [4.69, 9.17) is 11.6 Å². The maximum Gasteiger partial charge on any atom is 0.0406 e. The standard InChI is InChI=1S/C20H29ClN2/c1-2-11-20(22-19-5-3-4-6-19)12-14-23(15-13-20)16-17-7-9-18(21)10-8-17/h2,7-10,19,22H,1,3-6,11-16H2. The summed E-state index contributed by atoms with van der Waals surface area (Å²) < 4.78 is 0. The van der Waals surface area contributed by atoms with Gasteiger partial charge < -0.3 is 5.32 Å². The van der Waals surface area contributed by atoms with Crippen molar-refractivity contribution in [1.82, 2.24) is 10.2 Å². The zero-order valence-corrected chi connectivity index (χ0v) is 14.8. The van der Waals surface area contributed by atoms with Crippen LogP contribution in [0.2, 0.25) is 5.02 Å². The number of hydrogen-bond acceptors (Lipinski definition) is 2. The van der Waals surface area contributed by atoms with E-state index in [1.807, 2.05) is 12.1 Å². The van der Waals surface area contributed by atoms with Gasteiger partial charge in [0.2, 0.25) is 0 Å². The zero-order chi connectivity index (χ0) is 16.1. The molecule has 1 aliphatic carbocycles. The minimum absolute atomic E-state index is 0.285. The van der Waals surface area contributed by atoms with Gasteiger partial charge >= 0.3 is 0 Å². The van der Waals surface area contributed by atoms with Crippen LogP contribution in [0.15, 0.2) is 36.9 Å². The highest BCUT2D eigenvalue weighted by atomic mass is 35.5. The number of piperidine rings is 1. The van der Waals surface area contributed by atoms with E-state index in [9.17, 15) is 0 Å². The number of benzene rings is 1. The van der Waals surface area contributed by atoms with Crippen molar-refractivity contribution in [2.75, 3.05) is 13.1 Å². The number of hydrogen-bond donors (Lipinski definition) is 1. The minimum atomic E-state index is 0.285. The molecule has 1 heterocycles. The summed E-state index contributed by atoms with van der Waals surface area (Å²) in [4.78, 5) is 2.57. The van der Waals surface area contributed by atoms with Crippen molar-refractivity contribution in [2.45, 2.75) is 63.1 Å². The predicted octanol–water partition coefficient (Wildman–Crippen LogP) is 4.78. The molecule has 0 unspecified atom stereocenters. The molecule has 2 fully saturated rings. The normalized spacial score (nSPS) is 22.3. The predicted molar refractivity (Wildman–Crippen MR) is 98.9 cm³/mol. The van der Waals surface area contributed by atoms with E-state index < -0.39 is 0 Å². The van der Waals surface area contributed by atoms with Gasteiger partial charge in [-0.1, -0.05) is 42.7 Å². The van der Waals surface area contributed by atoms with Crippen molar-refractivity contribution in [3.63, 3.8) is 0 Å². The quantitative estimate of drug-likeness (QED) is 0.754. The van der Waals surface area contributed by atoms with Gasteiger partial charge in [-0.3, -0.25) is 4.90 Å². The van der Waals surface area contributed by atoms with Crippen molar-refractivity contribution in [2.24, 2.45) is 0 Å². The lowest BCUT2D eigenvalue weighted by molar-refractivity contribution is 0.120. The highest BCUT2D eigenvalue weighted by Gasteiger charge is 2.35. The first kappa shape index (κ1) is 17.0. The minimum Gasteiger partial charge on any atom is -0.308 e. The van der Waals surface area contributed by atoms with E-state index in [1.54, 1.807) is 0 Å². The monoisotopic (exact) mass is 332 g/mol. The highest BCUT2D eigenvalue weighted by molar-refractivity contribution is 6.30.